The Kier molecular flexibility index (Phi) is 5.26. The number of aryl methyl sites for hydroxylation is 2. The van der Waals surface area contributed by atoms with E-state index in [1.165, 1.54) is 0 Å². The van der Waals surface area contributed by atoms with Crippen LogP contribution in [0.25, 0.3) is 0 Å². The standard InChI is InChI=1S/C19H22FN3O2/c1-12-7-13(2)9-14(8-12)18(24)23-16-3-5-17(6-4-16)25-19-21-10-15(20)11-22-19/h7-11,16-17H,3-6H2,1-2H3,(H,23,24). The smallest absolute Gasteiger partial charge is 0.316 e. The number of halogens is 1. The second-order valence-electron chi connectivity index (χ2n) is 6.63. The highest BCUT2D eigenvalue weighted by molar-refractivity contribution is 5.94. The number of carbonyl (C=O) groups excluding carboxylic acids is 1. The van der Waals surface area contributed by atoms with E-state index >= 15 is 0 Å². The molecule has 0 aliphatic heterocycles. The summed E-state index contributed by atoms with van der Waals surface area (Å²) in [5.74, 6) is -0.511. The summed E-state index contributed by atoms with van der Waals surface area (Å²) in [6, 6.07) is 6.20. The maximum atomic E-state index is 12.8. The summed E-state index contributed by atoms with van der Waals surface area (Å²) in [6.07, 6.45) is 5.47. The molecule has 0 bridgehead atoms. The molecule has 0 unspecified atom stereocenters. The number of hydrogen-bond donors (Lipinski definition) is 1. The third-order valence-electron chi connectivity index (χ3n) is 4.36. The van der Waals surface area contributed by atoms with Gasteiger partial charge in [0.15, 0.2) is 5.82 Å². The van der Waals surface area contributed by atoms with Gasteiger partial charge in [-0.1, -0.05) is 17.2 Å². The van der Waals surface area contributed by atoms with Crippen LogP contribution in [0.5, 0.6) is 6.01 Å². The van der Waals surface area contributed by atoms with Crippen molar-refractivity contribution in [2.45, 2.75) is 51.7 Å². The first-order valence-electron chi connectivity index (χ1n) is 8.53. The molecular weight excluding hydrogens is 321 g/mol. The molecular formula is C19H22FN3O2. The number of ether oxygens (including phenoxy) is 1. The lowest BCUT2D eigenvalue weighted by molar-refractivity contribution is 0.0885. The zero-order valence-electron chi connectivity index (χ0n) is 14.5. The van der Waals surface area contributed by atoms with Gasteiger partial charge < -0.3 is 10.1 Å². The summed E-state index contributed by atoms with van der Waals surface area (Å²) in [5, 5.41) is 3.11. The minimum atomic E-state index is -0.481. The van der Waals surface area contributed by atoms with Crippen LogP contribution in [-0.2, 0) is 0 Å². The summed E-state index contributed by atoms with van der Waals surface area (Å²) in [6.45, 7) is 3.98. The van der Waals surface area contributed by atoms with Gasteiger partial charge in [-0.3, -0.25) is 4.79 Å². The van der Waals surface area contributed by atoms with E-state index in [9.17, 15) is 9.18 Å². The van der Waals surface area contributed by atoms with E-state index in [0.29, 0.717) is 5.56 Å². The molecule has 3 rings (SSSR count). The molecule has 0 saturated heterocycles. The Morgan fingerprint density at radius 1 is 1.08 bits per heavy atom. The number of amides is 1. The first-order valence-corrected chi connectivity index (χ1v) is 8.53. The Bertz CT molecular complexity index is 721. The molecule has 1 fully saturated rings. The predicted molar refractivity (Wildman–Crippen MR) is 92.0 cm³/mol. The number of rotatable bonds is 4. The highest BCUT2D eigenvalue weighted by Crippen LogP contribution is 2.22. The topological polar surface area (TPSA) is 64.1 Å². The highest BCUT2D eigenvalue weighted by Gasteiger charge is 2.24. The van der Waals surface area contributed by atoms with Crippen molar-refractivity contribution >= 4 is 5.91 Å². The molecule has 2 aromatic rings. The minimum absolute atomic E-state index is 0.000160. The third-order valence-corrected chi connectivity index (χ3v) is 4.36. The van der Waals surface area contributed by atoms with Crippen LogP contribution < -0.4 is 10.1 Å². The fourth-order valence-electron chi connectivity index (χ4n) is 3.21. The normalized spacial score (nSPS) is 20.1. The van der Waals surface area contributed by atoms with E-state index in [0.717, 1.165) is 49.2 Å². The average molecular weight is 343 g/mol. The molecule has 1 aliphatic rings. The van der Waals surface area contributed by atoms with Gasteiger partial charge in [0.1, 0.15) is 6.10 Å². The number of aromatic nitrogens is 2. The molecule has 1 saturated carbocycles. The quantitative estimate of drug-likeness (QED) is 0.925. The fraction of sp³-hybridized carbons (Fsp3) is 0.421. The van der Waals surface area contributed by atoms with Crippen LogP contribution in [0.15, 0.2) is 30.6 Å². The lowest BCUT2D eigenvalue weighted by atomic mass is 9.92. The molecule has 1 heterocycles. The van der Waals surface area contributed by atoms with Crippen LogP contribution in [0.3, 0.4) is 0 Å². The van der Waals surface area contributed by atoms with Gasteiger partial charge in [-0.2, -0.15) is 0 Å². The Balaban J connectivity index is 1.50. The number of nitrogens with one attached hydrogen (secondary N) is 1. The Hall–Kier alpha value is -2.50. The molecule has 0 atom stereocenters. The maximum absolute atomic E-state index is 12.8. The van der Waals surface area contributed by atoms with Crippen LogP contribution in [0.4, 0.5) is 4.39 Å². The van der Waals surface area contributed by atoms with Crippen molar-refractivity contribution in [3.8, 4) is 6.01 Å². The number of nitrogens with zero attached hydrogens (tertiary/aromatic N) is 2. The van der Waals surface area contributed by atoms with E-state index in [2.05, 4.69) is 21.4 Å². The Labute approximate surface area is 146 Å². The minimum Gasteiger partial charge on any atom is -0.460 e. The van der Waals surface area contributed by atoms with Gasteiger partial charge in [-0.25, -0.2) is 14.4 Å². The van der Waals surface area contributed by atoms with Gasteiger partial charge in [0, 0.05) is 11.6 Å². The van der Waals surface area contributed by atoms with Crippen molar-refractivity contribution in [3.05, 3.63) is 53.1 Å². The summed E-state index contributed by atoms with van der Waals surface area (Å²) in [5.41, 5.74) is 2.87. The zero-order valence-corrected chi connectivity index (χ0v) is 14.5. The predicted octanol–water partition coefficient (Wildman–Crippen LogP) is 3.35. The zero-order chi connectivity index (χ0) is 17.8. The molecule has 132 valence electrons. The molecule has 1 N–H and O–H groups in total. The van der Waals surface area contributed by atoms with Gasteiger partial charge in [0.05, 0.1) is 12.4 Å². The lowest BCUT2D eigenvalue weighted by Gasteiger charge is -2.28. The molecule has 5 nitrogen and oxygen atoms in total. The molecule has 25 heavy (non-hydrogen) atoms. The lowest BCUT2D eigenvalue weighted by Crippen LogP contribution is -2.39. The summed E-state index contributed by atoms with van der Waals surface area (Å²) in [7, 11) is 0. The first-order chi connectivity index (χ1) is 12.0. The van der Waals surface area contributed by atoms with E-state index in [1.807, 2.05) is 26.0 Å². The van der Waals surface area contributed by atoms with E-state index in [4.69, 9.17) is 4.74 Å². The molecule has 0 spiro atoms. The largest absolute Gasteiger partial charge is 0.460 e. The average Bonchev–Trinajstić information content (AvgIpc) is 2.58. The van der Waals surface area contributed by atoms with Crippen LogP contribution in [0.1, 0.15) is 47.2 Å². The van der Waals surface area contributed by atoms with Crippen molar-refractivity contribution in [3.63, 3.8) is 0 Å². The fourth-order valence-corrected chi connectivity index (χ4v) is 3.21. The van der Waals surface area contributed by atoms with E-state index in [-0.39, 0.29) is 24.1 Å². The molecule has 1 aliphatic carbocycles. The van der Waals surface area contributed by atoms with E-state index < -0.39 is 5.82 Å². The Morgan fingerprint density at radius 2 is 1.68 bits per heavy atom. The number of benzene rings is 1. The maximum Gasteiger partial charge on any atom is 0.316 e. The second-order valence-corrected chi connectivity index (χ2v) is 6.63. The van der Waals surface area contributed by atoms with Gasteiger partial charge >= 0.3 is 6.01 Å². The summed E-state index contributed by atoms with van der Waals surface area (Å²) in [4.78, 5) is 20.1. The number of hydrogen-bond acceptors (Lipinski definition) is 4. The van der Waals surface area contributed by atoms with Crippen molar-refractivity contribution < 1.29 is 13.9 Å². The molecule has 6 heteroatoms. The second kappa shape index (κ2) is 7.59. The van der Waals surface area contributed by atoms with Crippen LogP contribution in [-0.4, -0.2) is 28.0 Å². The van der Waals surface area contributed by atoms with Gasteiger partial charge in [-0.05, 0) is 51.7 Å². The highest BCUT2D eigenvalue weighted by atomic mass is 19.1. The summed E-state index contributed by atoms with van der Waals surface area (Å²) >= 11 is 0. The van der Waals surface area contributed by atoms with Crippen LogP contribution in [0, 0.1) is 19.7 Å². The van der Waals surface area contributed by atoms with Gasteiger partial charge in [0.2, 0.25) is 0 Å². The van der Waals surface area contributed by atoms with Crippen molar-refractivity contribution in [1.29, 1.82) is 0 Å². The third kappa shape index (κ3) is 4.75. The number of carbonyl (C=O) groups is 1. The SMILES string of the molecule is Cc1cc(C)cc(C(=O)NC2CCC(Oc3ncc(F)cn3)CC2)c1. The van der Waals surface area contributed by atoms with Crippen molar-refractivity contribution in [1.82, 2.24) is 15.3 Å². The van der Waals surface area contributed by atoms with E-state index in [1.54, 1.807) is 0 Å². The molecule has 1 aromatic heterocycles. The van der Waals surface area contributed by atoms with Crippen LogP contribution >= 0.6 is 0 Å². The Morgan fingerprint density at radius 3 is 2.28 bits per heavy atom. The molecule has 1 aromatic carbocycles. The molecule has 1 amide bonds. The molecule has 0 radical (unpaired) electrons. The van der Waals surface area contributed by atoms with Crippen molar-refractivity contribution in [2.24, 2.45) is 0 Å². The van der Waals surface area contributed by atoms with Gasteiger partial charge in [-0.15, -0.1) is 0 Å². The monoisotopic (exact) mass is 343 g/mol. The van der Waals surface area contributed by atoms with Crippen LogP contribution in [0.2, 0.25) is 0 Å². The summed E-state index contributed by atoms with van der Waals surface area (Å²) < 4.78 is 18.5. The first kappa shape index (κ1) is 17.3. The van der Waals surface area contributed by atoms with Crippen molar-refractivity contribution in [2.75, 3.05) is 0 Å². The van der Waals surface area contributed by atoms with Gasteiger partial charge in [0.25, 0.3) is 5.91 Å².